The average molecular weight is 280 g/mol. The van der Waals surface area contributed by atoms with Gasteiger partial charge in [-0.1, -0.05) is 0 Å². The van der Waals surface area contributed by atoms with Crippen molar-refractivity contribution < 1.29 is 13.5 Å². The first-order valence-electron chi connectivity index (χ1n) is 6.47. The molecule has 0 aromatic carbocycles. The maximum absolute atomic E-state index is 14.2. The molecular weight excluding hydrogens is 262 g/mol. The van der Waals surface area contributed by atoms with Crippen LogP contribution in [0.1, 0.15) is 19.7 Å². The van der Waals surface area contributed by atoms with Gasteiger partial charge in [-0.25, -0.2) is 13.8 Å². The second kappa shape index (κ2) is 6.03. The van der Waals surface area contributed by atoms with E-state index in [1.54, 1.807) is 13.1 Å². The van der Waals surface area contributed by atoms with Gasteiger partial charge in [0.2, 0.25) is 0 Å². The molecule has 0 aliphatic carbocycles. The van der Waals surface area contributed by atoms with E-state index in [1.807, 2.05) is 10.8 Å². The summed E-state index contributed by atoms with van der Waals surface area (Å²) < 4.78 is 34.0. The van der Waals surface area contributed by atoms with E-state index in [9.17, 15) is 8.78 Å². The van der Waals surface area contributed by atoms with E-state index in [2.05, 4.69) is 4.98 Å². The summed E-state index contributed by atoms with van der Waals surface area (Å²) in [4.78, 5) is 4.22. The zero-order valence-corrected chi connectivity index (χ0v) is 11.9. The van der Waals surface area contributed by atoms with Gasteiger partial charge < -0.3 is 9.30 Å². The summed E-state index contributed by atoms with van der Waals surface area (Å²) >= 11 is 0. The molecule has 0 saturated carbocycles. The van der Waals surface area contributed by atoms with Crippen LogP contribution in [0, 0.1) is 5.92 Å². The molecule has 0 fully saturated rings. The van der Waals surface area contributed by atoms with Crippen molar-refractivity contribution in [3.8, 4) is 0 Å². The quantitative estimate of drug-likeness (QED) is 0.621. The van der Waals surface area contributed by atoms with Crippen molar-refractivity contribution in [1.29, 1.82) is 0 Å². The number of hydrogen-bond donors (Lipinski definition) is 0. The van der Waals surface area contributed by atoms with Gasteiger partial charge in [-0.05, 0) is 19.4 Å². The van der Waals surface area contributed by atoms with E-state index >= 15 is 0 Å². The van der Waals surface area contributed by atoms with E-state index in [4.69, 9.17) is 4.74 Å². The Labute approximate surface area is 117 Å². The minimum atomic E-state index is -0.426. The van der Waals surface area contributed by atoms with E-state index in [-0.39, 0.29) is 17.5 Å². The Balaban J connectivity index is 2.18. The monoisotopic (exact) mass is 280 g/mol. The molecule has 0 radical (unpaired) electrons. The summed E-state index contributed by atoms with van der Waals surface area (Å²) in [6.07, 6.45) is 6.75. The molecule has 1 unspecified atom stereocenters. The van der Waals surface area contributed by atoms with Crippen molar-refractivity contribution in [3.63, 3.8) is 0 Å². The molecule has 3 nitrogen and oxygen atoms in total. The second-order valence-electron chi connectivity index (χ2n) is 4.91. The molecule has 1 aliphatic rings. The van der Waals surface area contributed by atoms with Crippen molar-refractivity contribution in [2.75, 3.05) is 7.11 Å². The first-order chi connectivity index (χ1) is 9.51. The van der Waals surface area contributed by atoms with Crippen molar-refractivity contribution in [1.82, 2.24) is 9.55 Å². The van der Waals surface area contributed by atoms with Crippen LogP contribution in [0.5, 0.6) is 0 Å². The molecule has 2 heterocycles. The lowest BCUT2D eigenvalue weighted by Crippen LogP contribution is -2.05. The molecule has 0 spiro atoms. The lowest BCUT2D eigenvalue weighted by molar-refractivity contribution is 0.303. The topological polar surface area (TPSA) is 27.1 Å². The van der Waals surface area contributed by atoms with E-state index in [0.29, 0.717) is 5.57 Å². The normalized spacial score (nSPS) is 20.8. The van der Waals surface area contributed by atoms with Crippen LogP contribution in [0.2, 0.25) is 0 Å². The highest BCUT2D eigenvalue weighted by atomic mass is 19.1. The van der Waals surface area contributed by atoms with Gasteiger partial charge in [-0.2, -0.15) is 0 Å². The molecular formula is C15H18F2N2O. The fourth-order valence-corrected chi connectivity index (χ4v) is 2.30. The van der Waals surface area contributed by atoms with E-state index < -0.39 is 5.83 Å². The number of nitrogens with zero attached hydrogens (tertiary/aromatic N) is 2. The molecule has 108 valence electrons. The van der Waals surface area contributed by atoms with Crippen LogP contribution >= 0.6 is 0 Å². The van der Waals surface area contributed by atoms with E-state index in [0.717, 1.165) is 24.9 Å². The average Bonchev–Trinajstić information content (AvgIpc) is 2.96. The maximum Gasteiger partial charge on any atom is 0.126 e. The van der Waals surface area contributed by atoms with Gasteiger partial charge in [-0.15, -0.1) is 0 Å². The second-order valence-corrected chi connectivity index (χ2v) is 4.91. The number of hydrogen-bond acceptors (Lipinski definition) is 2. The highest BCUT2D eigenvalue weighted by molar-refractivity contribution is 5.28. The number of ether oxygens (including phenoxy) is 1. The number of rotatable bonds is 4. The first kappa shape index (κ1) is 14.5. The van der Waals surface area contributed by atoms with Gasteiger partial charge in [-0.3, -0.25) is 0 Å². The van der Waals surface area contributed by atoms with Crippen molar-refractivity contribution in [2.45, 2.75) is 26.8 Å². The van der Waals surface area contributed by atoms with Crippen LogP contribution in [0.4, 0.5) is 8.78 Å². The largest absolute Gasteiger partial charge is 0.497 e. The molecule has 0 bridgehead atoms. The lowest BCUT2D eigenvalue weighted by atomic mass is 9.98. The molecule has 0 amide bonds. The maximum atomic E-state index is 14.2. The summed E-state index contributed by atoms with van der Waals surface area (Å²) in [7, 11) is 1.39. The zero-order chi connectivity index (χ0) is 14.7. The predicted octanol–water partition coefficient (Wildman–Crippen LogP) is 3.70. The van der Waals surface area contributed by atoms with Gasteiger partial charge in [0.25, 0.3) is 0 Å². The Hall–Kier alpha value is -1.91. The molecule has 1 aromatic heterocycles. The Morgan fingerprint density at radius 3 is 2.75 bits per heavy atom. The van der Waals surface area contributed by atoms with Crippen molar-refractivity contribution in [2.24, 2.45) is 5.92 Å². The van der Waals surface area contributed by atoms with Gasteiger partial charge in [0, 0.05) is 43.4 Å². The number of aromatic nitrogens is 2. The smallest absolute Gasteiger partial charge is 0.126 e. The molecule has 1 atom stereocenters. The zero-order valence-electron chi connectivity index (χ0n) is 11.9. The summed E-state index contributed by atoms with van der Waals surface area (Å²) in [5.74, 6) is 0.415. The lowest BCUT2D eigenvalue weighted by Gasteiger charge is -2.10. The van der Waals surface area contributed by atoms with Crippen LogP contribution in [0.15, 0.2) is 47.5 Å². The molecule has 1 aromatic rings. The van der Waals surface area contributed by atoms with Gasteiger partial charge >= 0.3 is 0 Å². The first-order valence-corrected chi connectivity index (χ1v) is 6.47. The third-order valence-electron chi connectivity index (χ3n) is 3.48. The SMILES string of the molecule is COC(/C=C(\C)F)=C/C(F)=C(\C)C1Cc2nccn2C1. The van der Waals surface area contributed by atoms with Crippen molar-refractivity contribution >= 4 is 0 Å². The third kappa shape index (κ3) is 3.15. The Morgan fingerprint density at radius 1 is 1.40 bits per heavy atom. The number of imidazole rings is 1. The number of fused-ring (bicyclic) bond motifs is 1. The Bertz CT molecular complexity index is 560. The molecule has 0 N–H and O–H groups in total. The third-order valence-corrected chi connectivity index (χ3v) is 3.48. The summed E-state index contributed by atoms with van der Waals surface area (Å²) in [6, 6.07) is 0. The summed E-state index contributed by atoms with van der Waals surface area (Å²) in [6.45, 7) is 3.77. The standard InChI is InChI=1S/C15H18F2N2O/c1-10(16)6-13(20-3)8-14(17)11(2)12-7-15-18-4-5-19(15)9-12/h4-6,8,12H,7,9H2,1-3H3/b10-6+,13-8+,14-11-. The van der Waals surface area contributed by atoms with Crippen LogP contribution < -0.4 is 0 Å². The van der Waals surface area contributed by atoms with Gasteiger partial charge in [0.15, 0.2) is 0 Å². The van der Waals surface area contributed by atoms with Gasteiger partial charge in [0.05, 0.1) is 7.11 Å². The predicted molar refractivity (Wildman–Crippen MR) is 73.2 cm³/mol. The minimum Gasteiger partial charge on any atom is -0.497 e. The molecule has 2 rings (SSSR count). The Kier molecular flexibility index (Phi) is 4.37. The highest BCUT2D eigenvalue weighted by Gasteiger charge is 2.24. The molecule has 20 heavy (non-hydrogen) atoms. The minimum absolute atomic E-state index is 0.0866. The fourth-order valence-electron chi connectivity index (χ4n) is 2.30. The number of allylic oxidation sites excluding steroid dienone is 5. The number of methoxy groups -OCH3 is 1. The van der Waals surface area contributed by atoms with Crippen LogP contribution in [-0.4, -0.2) is 16.7 Å². The van der Waals surface area contributed by atoms with Crippen LogP contribution in [-0.2, 0) is 17.7 Å². The molecule has 1 aliphatic heterocycles. The van der Waals surface area contributed by atoms with Crippen LogP contribution in [0.3, 0.4) is 0 Å². The summed E-state index contributed by atoms with van der Waals surface area (Å²) in [5.41, 5.74) is 0.634. The molecule has 5 heteroatoms. The number of halogens is 2. The highest BCUT2D eigenvalue weighted by Crippen LogP contribution is 2.28. The fraction of sp³-hybridized carbons (Fsp3) is 0.400. The van der Waals surface area contributed by atoms with Crippen molar-refractivity contribution in [3.05, 3.63) is 53.4 Å². The van der Waals surface area contributed by atoms with Crippen LogP contribution in [0.25, 0.3) is 0 Å². The van der Waals surface area contributed by atoms with E-state index in [1.165, 1.54) is 20.1 Å². The summed E-state index contributed by atoms with van der Waals surface area (Å²) in [5, 5.41) is 0. The molecule has 0 saturated heterocycles. The van der Waals surface area contributed by atoms with Gasteiger partial charge in [0.1, 0.15) is 23.2 Å². The Morgan fingerprint density at radius 2 is 2.15 bits per heavy atom.